The number of benzene rings is 2. The topological polar surface area (TPSA) is 85.4 Å². The Labute approximate surface area is 151 Å². The quantitative estimate of drug-likeness (QED) is 0.638. The molecule has 0 radical (unpaired) electrons. The van der Waals surface area contributed by atoms with Crippen molar-refractivity contribution in [1.82, 2.24) is 15.2 Å². The van der Waals surface area contributed by atoms with E-state index in [0.717, 1.165) is 22.0 Å². The van der Waals surface area contributed by atoms with Crippen LogP contribution >= 0.6 is 0 Å². The fourth-order valence-electron chi connectivity index (χ4n) is 3.07. The molecule has 0 unspecified atom stereocenters. The van der Waals surface area contributed by atoms with E-state index in [1.165, 1.54) is 0 Å². The summed E-state index contributed by atoms with van der Waals surface area (Å²) in [6.45, 7) is 0.422. The van der Waals surface area contributed by atoms with E-state index in [1.807, 2.05) is 60.8 Å². The summed E-state index contributed by atoms with van der Waals surface area (Å²) in [6, 6.07) is 16.5. The van der Waals surface area contributed by atoms with Crippen LogP contribution in [-0.2, 0) is 17.8 Å². The third-order valence-corrected chi connectivity index (χ3v) is 4.33. The molecule has 1 atom stereocenters. The Morgan fingerprint density at radius 3 is 2.54 bits per heavy atom. The van der Waals surface area contributed by atoms with Crippen molar-refractivity contribution in [2.45, 2.75) is 19.0 Å². The number of H-pyrrole nitrogens is 1. The van der Waals surface area contributed by atoms with Gasteiger partial charge in [-0.3, -0.25) is 4.79 Å². The summed E-state index contributed by atoms with van der Waals surface area (Å²) in [5, 5.41) is 12.5. The van der Waals surface area contributed by atoms with Crippen molar-refractivity contribution >= 4 is 22.9 Å². The fraction of sp³-hybridized carbons (Fsp3) is 0.200. The number of rotatable bonds is 6. The minimum Gasteiger partial charge on any atom is -0.465 e. The maximum absolute atomic E-state index is 12.8. The summed E-state index contributed by atoms with van der Waals surface area (Å²) in [4.78, 5) is 28.7. The minimum absolute atomic E-state index is 0.262. The number of likely N-dealkylation sites (N-methyl/N-ethyl adjacent to an activating group) is 1. The molecule has 6 nitrogen and oxygen atoms in total. The van der Waals surface area contributed by atoms with Crippen LogP contribution in [0.1, 0.15) is 11.1 Å². The van der Waals surface area contributed by atoms with Crippen LogP contribution in [0.2, 0.25) is 0 Å². The maximum atomic E-state index is 12.8. The summed E-state index contributed by atoms with van der Waals surface area (Å²) >= 11 is 0. The summed E-state index contributed by atoms with van der Waals surface area (Å²) in [7, 11) is 1.68. The second kappa shape index (κ2) is 7.74. The molecular weight excluding hydrogens is 330 g/mol. The van der Waals surface area contributed by atoms with Gasteiger partial charge in [0.05, 0.1) is 0 Å². The number of nitrogens with zero attached hydrogens (tertiary/aromatic N) is 1. The van der Waals surface area contributed by atoms with Gasteiger partial charge in [0, 0.05) is 37.1 Å². The zero-order valence-corrected chi connectivity index (χ0v) is 14.5. The van der Waals surface area contributed by atoms with Crippen LogP contribution in [-0.4, -0.2) is 40.1 Å². The van der Waals surface area contributed by atoms with Gasteiger partial charge in [0.1, 0.15) is 6.04 Å². The van der Waals surface area contributed by atoms with Gasteiger partial charge in [-0.1, -0.05) is 48.5 Å². The largest absolute Gasteiger partial charge is 0.465 e. The molecule has 1 heterocycles. The maximum Gasteiger partial charge on any atom is 0.405 e. The van der Waals surface area contributed by atoms with E-state index in [-0.39, 0.29) is 12.3 Å². The van der Waals surface area contributed by atoms with Crippen molar-refractivity contribution < 1.29 is 14.7 Å². The molecule has 2 aromatic carbocycles. The highest BCUT2D eigenvalue weighted by atomic mass is 16.4. The van der Waals surface area contributed by atoms with Gasteiger partial charge >= 0.3 is 6.09 Å². The van der Waals surface area contributed by atoms with Crippen LogP contribution in [0.3, 0.4) is 0 Å². The molecule has 0 aliphatic rings. The third kappa shape index (κ3) is 4.03. The van der Waals surface area contributed by atoms with E-state index in [0.29, 0.717) is 6.54 Å². The van der Waals surface area contributed by atoms with Gasteiger partial charge in [0.15, 0.2) is 0 Å². The Morgan fingerprint density at radius 2 is 1.81 bits per heavy atom. The first-order chi connectivity index (χ1) is 12.5. The number of fused-ring (bicyclic) bond motifs is 1. The SMILES string of the molecule is CN(Cc1ccccc1)C(=O)[C@H](Cc1c[nH]c2ccccc12)NC(=O)O. The van der Waals surface area contributed by atoms with Gasteiger partial charge in [-0.2, -0.15) is 0 Å². The first-order valence-corrected chi connectivity index (χ1v) is 8.38. The van der Waals surface area contributed by atoms with Gasteiger partial charge in [0.2, 0.25) is 5.91 Å². The highest BCUT2D eigenvalue weighted by Crippen LogP contribution is 2.19. The second-order valence-corrected chi connectivity index (χ2v) is 6.25. The Hall–Kier alpha value is -3.28. The zero-order chi connectivity index (χ0) is 18.5. The smallest absolute Gasteiger partial charge is 0.405 e. The predicted octanol–water partition coefficient (Wildman–Crippen LogP) is 3.01. The molecule has 134 valence electrons. The number of hydrogen-bond acceptors (Lipinski definition) is 2. The molecular formula is C20H21N3O3. The second-order valence-electron chi connectivity index (χ2n) is 6.25. The Kier molecular flexibility index (Phi) is 5.22. The van der Waals surface area contributed by atoms with E-state index in [1.54, 1.807) is 11.9 Å². The highest BCUT2D eigenvalue weighted by molar-refractivity contribution is 5.88. The number of carbonyl (C=O) groups is 2. The van der Waals surface area contributed by atoms with Crippen LogP contribution in [0.5, 0.6) is 0 Å². The van der Waals surface area contributed by atoms with E-state index < -0.39 is 12.1 Å². The van der Waals surface area contributed by atoms with Gasteiger partial charge in [0.25, 0.3) is 0 Å². The van der Waals surface area contributed by atoms with Crippen molar-refractivity contribution in [3.63, 3.8) is 0 Å². The Bertz CT molecular complexity index is 905. The predicted molar refractivity (Wildman–Crippen MR) is 99.9 cm³/mol. The minimum atomic E-state index is -1.21. The molecule has 0 fully saturated rings. The molecule has 0 bridgehead atoms. The molecule has 0 aliphatic heterocycles. The number of carbonyl (C=O) groups excluding carboxylic acids is 1. The van der Waals surface area contributed by atoms with E-state index in [4.69, 9.17) is 5.11 Å². The van der Waals surface area contributed by atoms with E-state index in [9.17, 15) is 9.59 Å². The Balaban J connectivity index is 1.78. The third-order valence-electron chi connectivity index (χ3n) is 4.33. The molecule has 0 saturated heterocycles. The van der Waals surface area contributed by atoms with Crippen molar-refractivity contribution in [1.29, 1.82) is 0 Å². The van der Waals surface area contributed by atoms with Gasteiger partial charge in [-0.25, -0.2) is 4.79 Å². The molecule has 0 aliphatic carbocycles. The molecule has 26 heavy (non-hydrogen) atoms. The molecule has 0 spiro atoms. The fourth-order valence-corrected chi connectivity index (χ4v) is 3.07. The Morgan fingerprint density at radius 1 is 1.12 bits per heavy atom. The van der Waals surface area contributed by atoms with Gasteiger partial charge in [-0.05, 0) is 17.2 Å². The number of nitrogens with one attached hydrogen (secondary N) is 2. The molecule has 0 saturated carbocycles. The van der Waals surface area contributed by atoms with Gasteiger partial charge in [-0.15, -0.1) is 0 Å². The molecule has 3 rings (SSSR count). The summed E-state index contributed by atoms with van der Waals surface area (Å²) in [6.07, 6.45) is 0.899. The average Bonchev–Trinajstić information content (AvgIpc) is 3.04. The molecule has 3 N–H and O–H groups in total. The van der Waals surface area contributed by atoms with Crippen LogP contribution in [0.15, 0.2) is 60.8 Å². The van der Waals surface area contributed by atoms with E-state index >= 15 is 0 Å². The average molecular weight is 351 g/mol. The van der Waals surface area contributed by atoms with Crippen molar-refractivity contribution in [3.8, 4) is 0 Å². The highest BCUT2D eigenvalue weighted by Gasteiger charge is 2.25. The summed E-state index contributed by atoms with van der Waals surface area (Å²) < 4.78 is 0. The summed E-state index contributed by atoms with van der Waals surface area (Å²) in [5.41, 5.74) is 2.85. The van der Waals surface area contributed by atoms with Crippen LogP contribution in [0.4, 0.5) is 4.79 Å². The first kappa shape index (κ1) is 17.5. The lowest BCUT2D eigenvalue weighted by molar-refractivity contribution is -0.132. The van der Waals surface area contributed by atoms with Crippen molar-refractivity contribution in [2.75, 3.05) is 7.05 Å². The first-order valence-electron chi connectivity index (χ1n) is 8.38. The summed E-state index contributed by atoms with van der Waals surface area (Å²) in [5.74, 6) is -0.262. The van der Waals surface area contributed by atoms with Crippen molar-refractivity contribution in [3.05, 3.63) is 71.9 Å². The van der Waals surface area contributed by atoms with Gasteiger partial charge < -0.3 is 20.3 Å². The molecule has 6 heteroatoms. The standard InChI is InChI=1S/C20H21N3O3/c1-23(13-14-7-3-2-4-8-14)19(24)18(22-20(25)26)11-15-12-21-17-10-6-5-9-16(15)17/h2-10,12,18,21-22H,11,13H2,1H3,(H,25,26)/t18-/m0/s1. The number of carboxylic acid groups (broad SMARTS) is 1. The molecule has 3 aromatic rings. The van der Waals surface area contributed by atoms with Crippen LogP contribution < -0.4 is 5.32 Å². The number of hydrogen-bond donors (Lipinski definition) is 3. The zero-order valence-electron chi connectivity index (χ0n) is 14.5. The number of aromatic nitrogens is 1. The number of amides is 2. The van der Waals surface area contributed by atoms with Crippen molar-refractivity contribution in [2.24, 2.45) is 0 Å². The lowest BCUT2D eigenvalue weighted by Crippen LogP contribution is -2.47. The lowest BCUT2D eigenvalue weighted by atomic mass is 10.0. The molecule has 1 aromatic heterocycles. The van der Waals surface area contributed by atoms with Crippen LogP contribution in [0, 0.1) is 0 Å². The number of aromatic amines is 1. The lowest BCUT2D eigenvalue weighted by Gasteiger charge is -2.24. The van der Waals surface area contributed by atoms with E-state index in [2.05, 4.69) is 10.3 Å². The normalized spacial score (nSPS) is 11.9. The van der Waals surface area contributed by atoms with Crippen LogP contribution in [0.25, 0.3) is 10.9 Å². The molecule has 2 amide bonds. The number of para-hydroxylation sites is 1. The monoisotopic (exact) mass is 351 g/mol.